The molecule has 8 nitrogen and oxygen atoms in total. The van der Waals surface area contributed by atoms with Crippen LogP contribution in [0.5, 0.6) is 5.75 Å². The first-order valence-electron chi connectivity index (χ1n) is 8.10. The van der Waals surface area contributed by atoms with E-state index >= 15 is 0 Å². The van der Waals surface area contributed by atoms with Gasteiger partial charge in [0.25, 0.3) is 0 Å². The Kier molecular flexibility index (Phi) is 5.68. The van der Waals surface area contributed by atoms with Gasteiger partial charge in [-0.1, -0.05) is 35.9 Å². The number of ether oxygens (including phenoxy) is 1. The number of halogens is 1. The molecule has 9 heteroatoms. The smallest absolute Gasteiger partial charge is 0.353 e. The van der Waals surface area contributed by atoms with Gasteiger partial charge in [-0.2, -0.15) is 0 Å². The monoisotopic (exact) mass is 385 g/mol. The highest BCUT2D eigenvalue weighted by Gasteiger charge is 2.24. The van der Waals surface area contributed by atoms with Gasteiger partial charge in [0.1, 0.15) is 12.1 Å². The van der Waals surface area contributed by atoms with E-state index in [2.05, 4.69) is 20.6 Å². The van der Waals surface area contributed by atoms with Gasteiger partial charge in [-0.05, 0) is 31.2 Å². The molecule has 0 bridgehead atoms. The van der Waals surface area contributed by atoms with Gasteiger partial charge in [-0.15, -0.1) is 0 Å². The van der Waals surface area contributed by atoms with Gasteiger partial charge in [0.05, 0.1) is 27.9 Å². The third-order valence-electron chi connectivity index (χ3n) is 3.57. The van der Waals surface area contributed by atoms with E-state index in [1.807, 2.05) is 13.0 Å². The molecule has 27 heavy (non-hydrogen) atoms. The third-order valence-corrected chi connectivity index (χ3v) is 3.90. The highest BCUT2D eigenvalue weighted by atomic mass is 35.5. The molecule has 0 aliphatic carbocycles. The van der Waals surface area contributed by atoms with Crippen molar-refractivity contribution in [2.75, 3.05) is 17.2 Å². The van der Waals surface area contributed by atoms with Crippen LogP contribution in [0.1, 0.15) is 6.92 Å². The zero-order chi connectivity index (χ0) is 19.2. The summed E-state index contributed by atoms with van der Waals surface area (Å²) in [7, 11) is 0. The van der Waals surface area contributed by atoms with Crippen LogP contribution in [0.4, 0.5) is 28.7 Å². The lowest BCUT2D eigenvalue weighted by Crippen LogP contribution is -2.06. The molecule has 0 amide bonds. The second-order valence-electron chi connectivity index (χ2n) is 5.34. The molecule has 2 aromatic carbocycles. The van der Waals surface area contributed by atoms with Gasteiger partial charge in [0.2, 0.25) is 11.6 Å². The topological polar surface area (TPSA) is 102 Å². The molecule has 0 fully saturated rings. The van der Waals surface area contributed by atoms with E-state index in [4.69, 9.17) is 16.3 Å². The first-order valence-corrected chi connectivity index (χ1v) is 8.47. The van der Waals surface area contributed by atoms with Gasteiger partial charge >= 0.3 is 5.69 Å². The number of hydrogen-bond donors (Lipinski definition) is 2. The maximum atomic E-state index is 11.7. The molecule has 1 aromatic heterocycles. The maximum absolute atomic E-state index is 11.7. The highest BCUT2D eigenvalue weighted by molar-refractivity contribution is 6.33. The van der Waals surface area contributed by atoms with Crippen molar-refractivity contribution in [1.29, 1.82) is 0 Å². The van der Waals surface area contributed by atoms with E-state index in [9.17, 15) is 10.1 Å². The number of para-hydroxylation sites is 3. The van der Waals surface area contributed by atoms with Crippen LogP contribution in [-0.2, 0) is 0 Å². The van der Waals surface area contributed by atoms with Crippen molar-refractivity contribution < 1.29 is 9.66 Å². The number of benzene rings is 2. The van der Waals surface area contributed by atoms with Crippen LogP contribution in [0.15, 0.2) is 54.9 Å². The van der Waals surface area contributed by atoms with Crippen LogP contribution in [0.2, 0.25) is 5.02 Å². The Morgan fingerprint density at radius 2 is 1.63 bits per heavy atom. The normalized spacial score (nSPS) is 10.3. The van der Waals surface area contributed by atoms with Gasteiger partial charge in [-0.25, -0.2) is 9.97 Å². The molecule has 138 valence electrons. The Balaban J connectivity index is 2.00. The summed E-state index contributed by atoms with van der Waals surface area (Å²) >= 11 is 6.12. The fraction of sp³-hybridized carbons (Fsp3) is 0.111. The van der Waals surface area contributed by atoms with E-state index in [1.165, 1.54) is 6.33 Å². The molecule has 0 radical (unpaired) electrons. The zero-order valence-corrected chi connectivity index (χ0v) is 15.1. The van der Waals surface area contributed by atoms with Crippen LogP contribution in [0, 0.1) is 10.1 Å². The molecule has 3 rings (SSSR count). The number of anilines is 4. The summed E-state index contributed by atoms with van der Waals surface area (Å²) in [6.45, 7) is 2.32. The fourth-order valence-corrected chi connectivity index (χ4v) is 2.59. The number of nitrogens with one attached hydrogen (secondary N) is 2. The molecule has 0 saturated heterocycles. The largest absolute Gasteiger partial charge is 0.492 e. The lowest BCUT2D eigenvalue weighted by Gasteiger charge is -2.13. The molecule has 0 unspecified atom stereocenters. The molecule has 0 atom stereocenters. The van der Waals surface area contributed by atoms with Crippen molar-refractivity contribution in [1.82, 2.24) is 9.97 Å². The van der Waals surface area contributed by atoms with E-state index < -0.39 is 4.92 Å². The third kappa shape index (κ3) is 4.24. The van der Waals surface area contributed by atoms with Gasteiger partial charge in [-0.3, -0.25) is 10.1 Å². The summed E-state index contributed by atoms with van der Waals surface area (Å²) < 4.78 is 5.54. The van der Waals surface area contributed by atoms with Gasteiger partial charge < -0.3 is 15.4 Å². The summed E-state index contributed by atoms with van der Waals surface area (Å²) in [5.41, 5.74) is 0.759. The fourth-order valence-electron chi connectivity index (χ4n) is 2.40. The maximum Gasteiger partial charge on any atom is 0.353 e. The van der Waals surface area contributed by atoms with E-state index in [1.54, 1.807) is 42.5 Å². The summed E-state index contributed by atoms with van der Waals surface area (Å²) in [5, 5.41) is 18.0. The lowest BCUT2D eigenvalue weighted by molar-refractivity contribution is -0.383. The standard InChI is InChI=1S/C18H16ClN5O3/c1-2-27-15-10-6-5-9-14(15)23-18-16(24(25)26)17(20-11-21-18)22-13-8-4-3-7-12(13)19/h3-11H,2H2,1H3,(H2,20,21,22,23). The Labute approximate surface area is 160 Å². The van der Waals surface area contributed by atoms with Crippen molar-refractivity contribution in [3.05, 3.63) is 70.0 Å². The molecule has 0 spiro atoms. The van der Waals surface area contributed by atoms with Crippen LogP contribution < -0.4 is 15.4 Å². The van der Waals surface area contributed by atoms with Crippen LogP contribution >= 0.6 is 11.6 Å². The predicted molar refractivity (Wildman–Crippen MR) is 104 cm³/mol. The molecule has 0 saturated carbocycles. The molecule has 3 aromatic rings. The predicted octanol–water partition coefficient (Wildman–Crippen LogP) is 4.92. The Morgan fingerprint density at radius 1 is 1.04 bits per heavy atom. The summed E-state index contributed by atoms with van der Waals surface area (Å²) in [4.78, 5) is 19.2. The van der Waals surface area contributed by atoms with Crippen molar-refractivity contribution in [2.45, 2.75) is 6.92 Å². The molecular weight excluding hydrogens is 370 g/mol. The average Bonchev–Trinajstić information content (AvgIpc) is 2.65. The minimum atomic E-state index is -0.551. The Bertz CT molecular complexity index is 967. The van der Waals surface area contributed by atoms with Crippen molar-refractivity contribution >= 4 is 40.3 Å². The van der Waals surface area contributed by atoms with Crippen LogP contribution in [0.3, 0.4) is 0 Å². The Morgan fingerprint density at radius 3 is 2.26 bits per heavy atom. The van der Waals surface area contributed by atoms with Gasteiger partial charge in [0, 0.05) is 0 Å². The first-order chi connectivity index (χ1) is 13.1. The summed E-state index contributed by atoms with van der Waals surface area (Å²) in [5.74, 6) is 0.629. The zero-order valence-electron chi connectivity index (χ0n) is 14.3. The number of hydrogen-bond acceptors (Lipinski definition) is 7. The van der Waals surface area contributed by atoms with Crippen LogP contribution in [0.25, 0.3) is 0 Å². The average molecular weight is 386 g/mol. The summed E-state index contributed by atoms with van der Waals surface area (Å²) in [6, 6.07) is 14.0. The van der Waals surface area contributed by atoms with E-state index in [0.717, 1.165) is 0 Å². The Hall–Kier alpha value is -3.39. The molecule has 0 aliphatic rings. The molecule has 2 N–H and O–H groups in total. The second kappa shape index (κ2) is 8.33. The lowest BCUT2D eigenvalue weighted by atomic mass is 10.2. The van der Waals surface area contributed by atoms with Crippen molar-refractivity contribution in [3.8, 4) is 5.75 Å². The number of rotatable bonds is 7. The van der Waals surface area contributed by atoms with Crippen LogP contribution in [-0.4, -0.2) is 21.5 Å². The van der Waals surface area contributed by atoms with Gasteiger partial charge in [0.15, 0.2) is 0 Å². The van der Waals surface area contributed by atoms with E-state index in [0.29, 0.717) is 28.8 Å². The van der Waals surface area contributed by atoms with Crippen molar-refractivity contribution in [3.63, 3.8) is 0 Å². The first kappa shape index (κ1) is 18.4. The number of nitrogens with zero attached hydrogens (tertiary/aromatic N) is 3. The minimum absolute atomic E-state index is 0.0273. The van der Waals surface area contributed by atoms with Crippen molar-refractivity contribution in [2.24, 2.45) is 0 Å². The quantitative estimate of drug-likeness (QED) is 0.439. The molecular formula is C18H16ClN5O3. The highest BCUT2D eigenvalue weighted by Crippen LogP contribution is 2.36. The second-order valence-corrected chi connectivity index (χ2v) is 5.74. The molecule has 0 aliphatic heterocycles. The minimum Gasteiger partial charge on any atom is -0.492 e. The molecule has 1 heterocycles. The number of nitro groups is 1. The van der Waals surface area contributed by atoms with E-state index in [-0.39, 0.29) is 17.3 Å². The SMILES string of the molecule is CCOc1ccccc1Nc1ncnc(Nc2ccccc2Cl)c1[N+](=O)[O-]. The summed E-state index contributed by atoms with van der Waals surface area (Å²) in [6.07, 6.45) is 1.23. The number of aromatic nitrogens is 2.